The van der Waals surface area contributed by atoms with Gasteiger partial charge >= 0.3 is 6.01 Å². The Hall–Kier alpha value is -5.21. The zero-order valence-electron chi connectivity index (χ0n) is 22.4. The molecule has 1 aliphatic rings. The highest BCUT2D eigenvalue weighted by molar-refractivity contribution is 6.32. The summed E-state index contributed by atoms with van der Waals surface area (Å²) in [5, 5.41) is 20.5. The summed E-state index contributed by atoms with van der Waals surface area (Å²) in [5.74, 6) is -1.18. The Morgan fingerprint density at radius 1 is 1.21 bits per heavy atom. The maximum absolute atomic E-state index is 15.3. The van der Waals surface area contributed by atoms with E-state index in [2.05, 4.69) is 30.6 Å². The number of ether oxygens (including phenoxy) is 1. The maximum atomic E-state index is 15.3. The summed E-state index contributed by atoms with van der Waals surface area (Å²) in [6.07, 6.45) is 2.82. The molecule has 15 heteroatoms. The van der Waals surface area contributed by atoms with Crippen LogP contribution in [0.15, 0.2) is 60.9 Å². The molecule has 2 amide bonds. The van der Waals surface area contributed by atoms with Gasteiger partial charge in [0, 0.05) is 22.9 Å². The number of aromatic nitrogens is 6. The standard InChI is InChI=1S/C28H22ClFN8O5/c1-42-17-5-2-4-15(8-17)23(14-39)33-24(40)13-37-12-19-18(27(37)41)9-16(10-21(19)30)25-20(29)11-32-28(34-25)43-38-26-22(35-36-38)6-3-7-31-26/h2-11,23,39H,12-14H2,1H3,(H,33,40). The number of nitrogens with one attached hydrogen (secondary N) is 1. The van der Waals surface area contributed by atoms with Crippen LogP contribution in [0.5, 0.6) is 11.8 Å². The van der Waals surface area contributed by atoms with Crippen molar-refractivity contribution in [1.82, 2.24) is 40.3 Å². The van der Waals surface area contributed by atoms with E-state index in [9.17, 15) is 14.7 Å². The number of amides is 2. The Balaban J connectivity index is 1.20. The molecule has 3 aromatic heterocycles. The lowest BCUT2D eigenvalue weighted by Gasteiger charge is -2.20. The summed E-state index contributed by atoms with van der Waals surface area (Å²) in [6, 6.07) is 12.0. The van der Waals surface area contributed by atoms with Crippen LogP contribution in [0.2, 0.25) is 5.02 Å². The summed E-state index contributed by atoms with van der Waals surface area (Å²) >= 11 is 6.35. The topological polar surface area (TPSA) is 157 Å². The first kappa shape index (κ1) is 27.9. The van der Waals surface area contributed by atoms with Crippen molar-refractivity contribution in [2.75, 3.05) is 20.3 Å². The molecule has 0 saturated carbocycles. The number of fused-ring (bicyclic) bond motifs is 2. The van der Waals surface area contributed by atoms with E-state index in [1.165, 1.54) is 30.3 Å². The Morgan fingerprint density at radius 3 is 2.88 bits per heavy atom. The average molecular weight is 605 g/mol. The van der Waals surface area contributed by atoms with Gasteiger partial charge in [0.15, 0.2) is 0 Å². The van der Waals surface area contributed by atoms with E-state index < -0.39 is 23.7 Å². The van der Waals surface area contributed by atoms with Crippen molar-refractivity contribution >= 4 is 34.6 Å². The Bertz CT molecular complexity index is 1870. The van der Waals surface area contributed by atoms with Crippen LogP contribution in [-0.4, -0.2) is 72.2 Å². The highest BCUT2D eigenvalue weighted by Gasteiger charge is 2.33. The fourth-order valence-electron chi connectivity index (χ4n) is 4.67. The predicted molar refractivity (Wildman–Crippen MR) is 149 cm³/mol. The fourth-order valence-corrected chi connectivity index (χ4v) is 4.87. The normalized spacial score (nSPS) is 13.2. The van der Waals surface area contributed by atoms with Gasteiger partial charge in [-0.2, -0.15) is 4.98 Å². The number of methoxy groups -OCH3 is 1. The molecule has 2 aromatic carbocycles. The summed E-state index contributed by atoms with van der Waals surface area (Å²) in [4.78, 5) is 46.5. The van der Waals surface area contributed by atoms with Crippen molar-refractivity contribution in [1.29, 1.82) is 0 Å². The zero-order chi connectivity index (χ0) is 30.1. The molecule has 13 nitrogen and oxygen atoms in total. The summed E-state index contributed by atoms with van der Waals surface area (Å²) in [5.41, 5.74) is 1.95. The van der Waals surface area contributed by atoms with Gasteiger partial charge in [-0.05, 0) is 52.0 Å². The minimum absolute atomic E-state index is 0.0675. The first-order valence-electron chi connectivity index (χ1n) is 12.9. The van der Waals surface area contributed by atoms with E-state index in [1.54, 1.807) is 42.6 Å². The lowest BCUT2D eigenvalue weighted by atomic mass is 10.0. The van der Waals surface area contributed by atoms with E-state index in [4.69, 9.17) is 21.2 Å². The van der Waals surface area contributed by atoms with Crippen molar-refractivity contribution in [2.45, 2.75) is 12.6 Å². The first-order chi connectivity index (χ1) is 20.8. The number of halogens is 2. The SMILES string of the molecule is COc1cccc(C(CO)NC(=O)CN2Cc3c(F)cc(-c4nc(On5nnc6cccnc65)ncc4Cl)cc3C2=O)c1. The molecule has 0 spiro atoms. The third kappa shape index (κ3) is 5.52. The van der Waals surface area contributed by atoms with E-state index in [0.29, 0.717) is 22.5 Å². The lowest BCUT2D eigenvalue weighted by molar-refractivity contribution is -0.122. The molecular weight excluding hydrogens is 583 g/mol. The number of aliphatic hydroxyl groups excluding tert-OH is 1. The summed E-state index contributed by atoms with van der Waals surface area (Å²) < 4.78 is 20.5. The third-order valence-corrected chi connectivity index (χ3v) is 7.03. The van der Waals surface area contributed by atoms with Crippen molar-refractivity contribution in [3.63, 3.8) is 0 Å². The number of carbonyl (C=O) groups excluding carboxylic acids is 2. The van der Waals surface area contributed by atoms with Crippen LogP contribution < -0.4 is 14.9 Å². The fraction of sp³-hybridized carbons (Fsp3) is 0.179. The molecule has 1 aliphatic heterocycles. The maximum Gasteiger partial charge on any atom is 0.346 e. The van der Waals surface area contributed by atoms with Gasteiger partial charge in [0.2, 0.25) is 11.6 Å². The quantitative estimate of drug-likeness (QED) is 0.256. The van der Waals surface area contributed by atoms with E-state index >= 15 is 4.39 Å². The number of nitrogens with zero attached hydrogens (tertiary/aromatic N) is 7. The highest BCUT2D eigenvalue weighted by atomic mass is 35.5. The predicted octanol–water partition coefficient (Wildman–Crippen LogP) is 2.73. The molecule has 0 radical (unpaired) electrons. The largest absolute Gasteiger partial charge is 0.497 e. The monoisotopic (exact) mass is 604 g/mol. The van der Waals surface area contributed by atoms with Gasteiger partial charge in [-0.25, -0.2) is 14.4 Å². The molecule has 5 aromatic rings. The molecule has 2 N–H and O–H groups in total. The van der Waals surface area contributed by atoms with Crippen LogP contribution in [0.25, 0.3) is 22.4 Å². The Kier molecular flexibility index (Phi) is 7.52. The van der Waals surface area contributed by atoms with Crippen LogP contribution >= 0.6 is 11.6 Å². The summed E-state index contributed by atoms with van der Waals surface area (Å²) in [7, 11) is 1.51. The second kappa shape index (κ2) is 11.6. The van der Waals surface area contributed by atoms with Gasteiger partial charge in [0.1, 0.15) is 23.6 Å². The Labute approximate surface area is 247 Å². The minimum Gasteiger partial charge on any atom is -0.497 e. The van der Waals surface area contributed by atoms with Crippen LogP contribution in [0, 0.1) is 5.82 Å². The number of pyridine rings is 1. The van der Waals surface area contributed by atoms with Crippen molar-refractivity contribution in [2.24, 2.45) is 0 Å². The van der Waals surface area contributed by atoms with E-state index in [0.717, 1.165) is 4.85 Å². The third-order valence-electron chi connectivity index (χ3n) is 6.76. The molecule has 4 heterocycles. The van der Waals surface area contributed by atoms with Crippen LogP contribution in [-0.2, 0) is 11.3 Å². The second-order valence-electron chi connectivity index (χ2n) is 9.47. The minimum atomic E-state index is -0.728. The van der Waals surface area contributed by atoms with Crippen molar-refractivity contribution < 1.29 is 28.7 Å². The number of rotatable bonds is 9. The number of benzene rings is 2. The molecule has 0 bridgehead atoms. The average Bonchev–Trinajstić information content (AvgIpc) is 3.57. The number of hydrogen-bond donors (Lipinski definition) is 2. The van der Waals surface area contributed by atoms with Crippen LogP contribution in [0.3, 0.4) is 0 Å². The molecule has 0 fully saturated rings. The highest BCUT2D eigenvalue weighted by Crippen LogP contribution is 2.33. The van der Waals surface area contributed by atoms with E-state index in [-0.39, 0.29) is 53.1 Å². The van der Waals surface area contributed by atoms with Crippen molar-refractivity contribution in [3.05, 3.63) is 88.5 Å². The zero-order valence-corrected chi connectivity index (χ0v) is 23.2. The smallest absolute Gasteiger partial charge is 0.346 e. The van der Waals surface area contributed by atoms with Gasteiger partial charge in [-0.3, -0.25) is 9.59 Å². The second-order valence-corrected chi connectivity index (χ2v) is 9.88. The lowest BCUT2D eigenvalue weighted by Crippen LogP contribution is -2.40. The number of hydrogen-bond acceptors (Lipinski definition) is 10. The number of aliphatic hydroxyl groups is 1. The molecule has 218 valence electrons. The molecule has 43 heavy (non-hydrogen) atoms. The number of carbonyl (C=O) groups is 2. The first-order valence-corrected chi connectivity index (χ1v) is 13.3. The molecule has 0 aliphatic carbocycles. The Morgan fingerprint density at radius 2 is 2.07 bits per heavy atom. The van der Waals surface area contributed by atoms with Gasteiger partial charge in [0.25, 0.3) is 5.91 Å². The van der Waals surface area contributed by atoms with Crippen LogP contribution in [0.4, 0.5) is 4.39 Å². The van der Waals surface area contributed by atoms with Gasteiger partial charge in [0.05, 0.1) is 43.2 Å². The van der Waals surface area contributed by atoms with Gasteiger partial charge in [-0.1, -0.05) is 23.7 Å². The molecule has 0 saturated heterocycles. The van der Waals surface area contributed by atoms with Gasteiger partial charge < -0.3 is 24.9 Å². The van der Waals surface area contributed by atoms with Crippen molar-refractivity contribution in [3.8, 4) is 23.0 Å². The van der Waals surface area contributed by atoms with E-state index in [1.807, 2.05) is 0 Å². The molecule has 1 unspecified atom stereocenters. The molecule has 6 rings (SSSR count). The van der Waals surface area contributed by atoms with Gasteiger partial charge in [-0.15, -0.1) is 5.10 Å². The van der Waals surface area contributed by atoms with Crippen LogP contribution in [0.1, 0.15) is 27.5 Å². The molecular formula is C28H22ClFN8O5. The summed E-state index contributed by atoms with van der Waals surface area (Å²) in [6.45, 7) is -0.843. The molecule has 1 atom stereocenters.